The van der Waals surface area contributed by atoms with Crippen molar-refractivity contribution in [2.24, 2.45) is 5.73 Å². The minimum atomic E-state index is -0.0944. The third-order valence-corrected chi connectivity index (χ3v) is 3.14. The molecular weight excluding hydrogens is 264 g/mol. The second kappa shape index (κ2) is 7.45. The van der Waals surface area contributed by atoms with Crippen molar-refractivity contribution in [2.75, 3.05) is 18.5 Å². The maximum atomic E-state index is 12.3. The molecule has 21 heavy (non-hydrogen) atoms. The lowest BCUT2D eigenvalue weighted by Gasteiger charge is -2.10. The molecule has 0 saturated carbocycles. The van der Waals surface area contributed by atoms with Crippen LogP contribution in [0.1, 0.15) is 22.8 Å². The molecule has 4 heteroatoms. The van der Waals surface area contributed by atoms with Gasteiger partial charge in [0.05, 0.1) is 0 Å². The highest BCUT2D eigenvalue weighted by Gasteiger charge is 2.09. The SMILES string of the molecule is CCc1ccccc1C(=O)Nc1ccc(OCCN)cc1. The van der Waals surface area contributed by atoms with Crippen LogP contribution < -0.4 is 15.8 Å². The molecule has 1 amide bonds. The number of hydrogen-bond donors (Lipinski definition) is 2. The zero-order valence-electron chi connectivity index (χ0n) is 12.1. The number of amides is 1. The van der Waals surface area contributed by atoms with E-state index in [1.54, 1.807) is 0 Å². The monoisotopic (exact) mass is 284 g/mol. The fraction of sp³-hybridized carbons (Fsp3) is 0.235. The van der Waals surface area contributed by atoms with Crippen molar-refractivity contribution in [3.05, 3.63) is 59.7 Å². The summed E-state index contributed by atoms with van der Waals surface area (Å²) in [4.78, 5) is 12.3. The van der Waals surface area contributed by atoms with Gasteiger partial charge < -0.3 is 15.8 Å². The van der Waals surface area contributed by atoms with Crippen molar-refractivity contribution in [3.63, 3.8) is 0 Å². The summed E-state index contributed by atoms with van der Waals surface area (Å²) in [5, 5.41) is 2.90. The van der Waals surface area contributed by atoms with Gasteiger partial charge in [0.2, 0.25) is 0 Å². The molecule has 0 aliphatic carbocycles. The number of carbonyl (C=O) groups excluding carboxylic acids is 1. The number of nitrogens with two attached hydrogens (primary N) is 1. The fourth-order valence-corrected chi connectivity index (χ4v) is 2.06. The molecule has 2 rings (SSSR count). The molecule has 0 fully saturated rings. The molecule has 0 heterocycles. The van der Waals surface area contributed by atoms with E-state index in [1.807, 2.05) is 55.5 Å². The van der Waals surface area contributed by atoms with Crippen LogP contribution in [0.3, 0.4) is 0 Å². The van der Waals surface area contributed by atoms with E-state index in [0.29, 0.717) is 18.7 Å². The van der Waals surface area contributed by atoms with Crippen molar-refractivity contribution in [1.82, 2.24) is 0 Å². The van der Waals surface area contributed by atoms with Crippen LogP contribution in [0.4, 0.5) is 5.69 Å². The van der Waals surface area contributed by atoms with Gasteiger partial charge in [0.25, 0.3) is 5.91 Å². The Hall–Kier alpha value is -2.33. The Balaban J connectivity index is 2.05. The normalized spacial score (nSPS) is 10.2. The van der Waals surface area contributed by atoms with E-state index >= 15 is 0 Å². The minimum absolute atomic E-state index is 0.0944. The number of hydrogen-bond acceptors (Lipinski definition) is 3. The van der Waals surface area contributed by atoms with Gasteiger partial charge in [0.15, 0.2) is 0 Å². The first-order valence-electron chi connectivity index (χ1n) is 7.06. The predicted octanol–water partition coefficient (Wildman–Crippen LogP) is 2.84. The topological polar surface area (TPSA) is 64.3 Å². The van der Waals surface area contributed by atoms with Gasteiger partial charge in [-0.2, -0.15) is 0 Å². The van der Waals surface area contributed by atoms with Gasteiger partial charge in [-0.3, -0.25) is 4.79 Å². The van der Waals surface area contributed by atoms with Gasteiger partial charge in [-0.15, -0.1) is 0 Å². The van der Waals surface area contributed by atoms with Crippen LogP contribution in [0.5, 0.6) is 5.75 Å². The molecule has 0 aromatic heterocycles. The van der Waals surface area contributed by atoms with Crippen LogP contribution in [0.15, 0.2) is 48.5 Å². The first-order valence-corrected chi connectivity index (χ1v) is 7.06. The molecular formula is C17H20N2O2. The molecule has 0 aliphatic rings. The second-order valence-electron chi connectivity index (χ2n) is 4.63. The highest BCUT2D eigenvalue weighted by atomic mass is 16.5. The Morgan fingerprint density at radius 3 is 2.52 bits per heavy atom. The van der Waals surface area contributed by atoms with E-state index in [2.05, 4.69) is 5.32 Å². The molecule has 0 radical (unpaired) electrons. The summed E-state index contributed by atoms with van der Waals surface area (Å²) < 4.78 is 5.40. The number of carbonyl (C=O) groups is 1. The molecule has 0 saturated heterocycles. The smallest absolute Gasteiger partial charge is 0.255 e. The second-order valence-corrected chi connectivity index (χ2v) is 4.63. The molecule has 2 aromatic rings. The van der Waals surface area contributed by atoms with Crippen LogP contribution in [0.25, 0.3) is 0 Å². The Labute approximate surface area is 124 Å². The largest absolute Gasteiger partial charge is 0.492 e. The summed E-state index contributed by atoms with van der Waals surface area (Å²) >= 11 is 0. The Kier molecular flexibility index (Phi) is 5.35. The van der Waals surface area contributed by atoms with Gasteiger partial charge in [-0.05, 0) is 42.3 Å². The van der Waals surface area contributed by atoms with E-state index in [0.717, 1.165) is 23.4 Å². The number of rotatable bonds is 6. The number of aryl methyl sites for hydroxylation is 1. The molecule has 0 atom stereocenters. The average molecular weight is 284 g/mol. The van der Waals surface area contributed by atoms with Crippen LogP contribution in [-0.4, -0.2) is 19.1 Å². The van der Waals surface area contributed by atoms with E-state index in [-0.39, 0.29) is 5.91 Å². The average Bonchev–Trinajstić information content (AvgIpc) is 2.54. The first kappa shape index (κ1) is 15.1. The van der Waals surface area contributed by atoms with Gasteiger partial charge in [0, 0.05) is 17.8 Å². The van der Waals surface area contributed by atoms with Crippen LogP contribution >= 0.6 is 0 Å². The zero-order chi connectivity index (χ0) is 15.1. The Morgan fingerprint density at radius 2 is 1.86 bits per heavy atom. The van der Waals surface area contributed by atoms with Crippen molar-refractivity contribution < 1.29 is 9.53 Å². The van der Waals surface area contributed by atoms with Crippen molar-refractivity contribution in [3.8, 4) is 5.75 Å². The molecule has 0 unspecified atom stereocenters. The molecule has 3 N–H and O–H groups in total. The lowest BCUT2D eigenvalue weighted by Crippen LogP contribution is -2.14. The molecule has 0 bridgehead atoms. The summed E-state index contributed by atoms with van der Waals surface area (Å²) in [6.07, 6.45) is 0.829. The van der Waals surface area contributed by atoms with Gasteiger partial charge in [-0.25, -0.2) is 0 Å². The molecule has 0 spiro atoms. The first-order chi connectivity index (χ1) is 10.2. The molecule has 110 valence electrons. The fourth-order valence-electron chi connectivity index (χ4n) is 2.06. The molecule has 2 aromatic carbocycles. The summed E-state index contributed by atoms with van der Waals surface area (Å²) in [5.41, 5.74) is 7.87. The highest BCUT2D eigenvalue weighted by molar-refractivity contribution is 6.05. The Morgan fingerprint density at radius 1 is 1.14 bits per heavy atom. The lowest BCUT2D eigenvalue weighted by atomic mass is 10.0. The zero-order valence-corrected chi connectivity index (χ0v) is 12.1. The van der Waals surface area contributed by atoms with E-state index in [9.17, 15) is 4.79 Å². The van der Waals surface area contributed by atoms with E-state index in [4.69, 9.17) is 10.5 Å². The third kappa shape index (κ3) is 4.07. The van der Waals surface area contributed by atoms with Crippen LogP contribution in [-0.2, 0) is 6.42 Å². The van der Waals surface area contributed by atoms with Crippen molar-refractivity contribution in [1.29, 1.82) is 0 Å². The quantitative estimate of drug-likeness (QED) is 0.857. The maximum Gasteiger partial charge on any atom is 0.255 e. The number of anilines is 1. The van der Waals surface area contributed by atoms with Crippen molar-refractivity contribution in [2.45, 2.75) is 13.3 Å². The lowest BCUT2D eigenvalue weighted by molar-refractivity contribution is 0.102. The van der Waals surface area contributed by atoms with E-state index in [1.165, 1.54) is 0 Å². The van der Waals surface area contributed by atoms with Crippen LogP contribution in [0, 0.1) is 0 Å². The van der Waals surface area contributed by atoms with Gasteiger partial charge in [-0.1, -0.05) is 25.1 Å². The minimum Gasteiger partial charge on any atom is -0.492 e. The van der Waals surface area contributed by atoms with Crippen molar-refractivity contribution >= 4 is 11.6 Å². The van der Waals surface area contributed by atoms with Gasteiger partial charge >= 0.3 is 0 Å². The summed E-state index contributed by atoms with van der Waals surface area (Å²) in [7, 11) is 0. The molecule has 4 nitrogen and oxygen atoms in total. The third-order valence-electron chi connectivity index (χ3n) is 3.14. The number of nitrogens with one attached hydrogen (secondary N) is 1. The molecule has 0 aliphatic heterocycles. The summed E-state index contributed by atoms with van der Waals surface area (Å²) in [6, 6.07) is 14.9. The van der Waals surface area contributed by atoms with Gasteiger partial charge in [0.1, 0.15) is 12.4 Å². The summed E-state index contributed by atoms with van der Waals surface area (Å²) in [6.45, 7) is 3.00. The number of ether oxygens (including phenoxy) is 1. The number of benzene rings is 2. The highest BCUT2D eigenvalue weighted by Crippen LogP contribution is 2.17. The Bertz CT molecular complexity index is 594. The summed E-state index contributed by atoms with van der Waals surface area (Å²) in [5.74, 6) is 0.649. The maximum absolute atomic E-state index is 12.3. The van der Waals surface area contributed by atoms with Crippen LogP contribution in [0.2, 0.25) is 0 Å². The standard InChI is InChI=1S/C17H20N2O2/c1-2-13-5-3-4-6-16(13)17(20)19-14-7-9-15(10-8-14)21-12-11-18/h3-10H,2,11-12,18H2,1H3,(H,19,20). The van der Waals surface area contributed by atoms with E-state index < -0.39 is 0 Å². The predicted molar refractivity (Wildman–Crippen MR) is 84.8 cm³/mol.